The fourth-order valence-corrected chi connectivity index (χ4v) is 3.25. The van der Waals surface area contributed by atoms with Crippen molar-refractivity contribution in [3.8, 4) is 0 Å². The van der Waals surface area contributed by atoms with Crippen molar-refractivity contribution in [3.05, 3.63) is 10.0 Å². The summed E-state index contributed by atoms with van der Waals surface area (Å²) in [6.45, 7) is 4.23. The van der Waals surface area contributed by atoms with Crippen LogP contribution in [-0.2, 0) is 4.79 Å². The van der Waals surface area contributed by atoms with Gasteiger partial charge in [-0.1, -0.05) is 13.8 Å². The van der Waals surface area contributed by atoms with Crippen molar-refractivity contribution >= 4 is 17.3 Å². The first-order valence-electron chi connectivity index (χ1n) is 6.14. The van der Waals surface area contributed by atoms with Crippen LogP contribution in [0.1, 0.15) is 61.4 Å². The second kappa shape index (κ2) is 5.12. The van der Waals surface area contributed by atoms with Gasteiger partial charge in [0.15, 0.2) is 0 Å². The second-order valence-electron chi connectivity index (χ2n) is 5.02. The number of carboxylic acids is 1. The van der Waals surface area contributed by atoms with Crippen LogP contribution in [0.3, 0.4) is 0 Å². The van der Waals surface area contributed by atoms with Gasteiger partial charge in [0.2, 0.25) is 0 Å². The molecule has 0 aromatic carbocycles. The molecule has 94 valence electrons. The van der Waals surface area contributed by atoms with Crippen molar-refractivity contribution in [2.75, 3.05) is 0 Å². The molecule has 1 aromatic rings. The highest BCUT2D eigenvalue weighted by Gasteiger charge is 2.28. The highest BCUT2D eigenvalue weighted by Crippen LogP contribution is 2.37. The van der Waals surface area contributed by atoms with Crippen molar-refractivity contribution in [2.24, 2.45) is 5.92 Å². The molecule has 1 aliphatic carbocycles. The van der Waals surface area contributed by atoms with Crippen LogP contribution >= 0.6 is 11.3 Å². The summed E-state index contributed by atoms with van der Waals surface area (Å²) in [6, 6.07) is 0. The van der Waals surface area contributed by atoms with Gasteiger partial charge in [0.1, 0.15) is 10.0 Å². The summed E-state index contributed by atoms with van der Waals surface area (Å²) in [5, 5.41) is 19.6. The van der Waals surface area contributed by atoms with Gasteiger partial charge in [-0.2, -0.15) is 0 Å². The molecular weight excluding hydrogens is 236 g/mol. The Morgan fingerprint density at radius 2 is 1.94 bits per heavy atom. The lowest BCUT2D eigenvalue weighted by Gasteiger charge is -2.23. The van der Waals surface area contributed by atoms with Gasteiger partial charge >= 0.3 is 5.97 Å². The number of aliphatic carboxylic acids is 1. The Balaban J connectivity index is 1.98. The highest BCUT2D eigenvalue weighted by atomic mass is 32.1. The third-order valence-corrected chi connectivity index (χ3v) is 4.76. The van der Waals surface area contributed by atoms with Crippen LogP contribution in [0.4, 0.5) is 0 Å². The zero-order valence-electron chi connectivity index (χ0n) is 10.2. The maximum absolute atomic E-state index is 10.9. The lowest BCUT2D eigenvalue weighted by Crippen LogP contribution is -2.20. The maximum atomic E-state index is 10.9. The zero-order valence-corrected chi connectivity index (χ0v) is 11.0. The number of carbonyl (C=O) groups is 1. The fourth-order valence-electron chi connectivity index (χ4n) is 2.23. The number of hydrogen-bond acceptors (Lipinski definition) is 4. The summed E-state index contributed by atoms with van der Waals surface area (Å²) >= 11 is 1.69. The van der Waals surface area contributed by atoms with E-state index in [1.54, 1.807) is 11.3 Å². The lowest BCUT2D eigenvalue weighted by atomic mass is 9.82. The summed E-state index contributed by atoms with van der Waals surface area (Å²) in [5.74, 6) is 0.0551. The summed E-state index contributed by atoms with van der Waals surface area (Å²) in [6.07, 6.45) is 3.42. The van der Waals surface area contributed by atoms with Gasteiger partial charge in [0.25, 0.3) is 0 Å². The van der Waals surface area contributed by atoms with Crippen molar-refractivity contribution < 1.29 is 9.90 Å². The topological polar surface area (TPSA) is 63.1 Å². The van der Waals surface area contributed by atoms with Crippen LogP contribution in [0.25, 0.3) is 0 Å². The summed E-state index contributed by atoms with van der Waals surface area (Å²) in [4.78, 5) is 10.9. The van der Waals surface area contributed by atoms with Gasteiger partial charge < -0.3 is 5.11 Å². The zero-order chi connectivity index (χ0) is 12.4. The molecule has 1 aliphatic rings. The minimum atomic E-state index is -0.649. The van der Waals surface area contributed by atoms with Crippen LogP contribution in [0, 0.1) is 5.92 Å². The number of rotatable bonds is 3. The molecule has 17 heavy (non-hydrogen) atoms. The third kappa shape index (κ3) is 2.83. The molecule has 1 N–H and O–H groups in total. The van der Waals surface area contributed by atoms with Crippen LogP contribution in [0.2, 0.25) is 0 Å². The average molecular weight is 254 g/mol. The van der Waals surface area contributed by atoms with Crippen molar-refractivity contribution in [2.45, 2.75) is 51.4 Å². The second-order valence-corrected chi connectivity index (χ2v) is 6.06. The van der Waals surface area contributed by atoms with E-state index in [9.17, 15) is 4.79 Å². The summed E-state index contributed by atoms with van der Waals surface area (Å²) in [7, 11) is 0. The molecule has 0 bridgehead atoms. The van der Waals surface area contributed by atoms with E-state index in [-0.39, 0.29) is 5.92 Å². The first-order valence-corrected chi connectivity index (χ1v) is 6.95. The van der Waals surface area contributed by atoms with Crippen LogP contribution in [-0.4, -0.2) is 21.3 Å². The Hall–Kier alpha value is -0.970. The summed E-state index contributed by atoms with van der Waals surface area (Å²) < 4.78 is 0. The Morgan fingerprint density at radius 3 is 2.41 bits per heavy atom. The molecule has 1 saturated carbocycles. The molecule has 1 aromatic heterocycles. The molecule has 4 nitrogen and oxygen atoms in total. The Bertz CT molecular complexity index is 395. The molecule has 5 heteroatoms. The molecule has 1 heterocycles. The minimum Gasteiger partial charge on any atom is -0.481 e. The standard InChI is InChI=1S/C12H18N2O2S/c1-7(2)10-13-14-11(17-10)8-3-5-9(6-4-8)12(15)16/h7-9H,3-6H2,1-2H3,(H,15,16). The molecule has 0 unspecified atom stereocenters. The van der Waals surface area contributed by atoms with E-state index < -0.39 is 5.97 Å². The number of carboxylic acid groups (broad SMARTS) is 1. The van der Waals surface area contributed by atoms with E-state index in [4.69, 9.17) is 5.11 Å². The average Bonchev–Trinajstić information content (AvgIpc) is 2.78. The van der Waals surface area contributed by atoms with Gasteiger partial charge in [-0.15, -0.1) is 21.5 Å². The number of aromatic nitrogens is 2. The Labute approximate surface area is 105 Å². The Kier molecular flexibility index (Phi) is 3.76. The van der Waals surface area contributed by atoms with Gasteiger partial charge in [0, 0.05) is 11.8 Å². The van der Waals surface area contributed by atoms with E-state index >= 15 is 0 Å². The molecule has 0 amide bonds. The quantitative estimate of drug-likeness (QED) is 0.900. The molecule has 0 radical (unpaired) electrons. The largest absolute Gasteiger partial charge is 0.481 e. The summed E-state index contributed by atoms with van der Waals surface area (Å²) in [5.41, 5.74) is 0. The SMILES string of the molecule is CC(C)c1nnc(C2CCC(C(=O)O)CC2)s1. The van der Waals surface area contributed by atoms with Crippen LogP contribution in [0.5, 0.6) is 0 Å². The first kappa shape index (κ1) is 12.5. The van der Waals surface area contributed by atoms with E-state index in [1.807, 2.05) is 0 Å². The van der Waals surface area contributed by atoms with Crippen LogP contribution < -0.4 is 0 Å². The van der Waals surface area contributed by atoms with E-state index in [0.717, 1.165) is 35.7 Å². The van der Waals surface area contributed by atoms with Gasteiger partial charge in [-0.25, -0.2) is 0 Å². The first-order chi connectivity index (χ1) is 8.08. The molecule has 0 atom stereocenters. The predicted octanol–water partition coefficient (Wildman–Crippen LogP) is 3.02. The molecule has 1 fully saturated rings. The fraction of sp³-hybridized carbons (Fsp3) is 0.750. The molecule has 0 saturated heterocycles. The molecule has 2 rings (SSSR count). The van der Waals surface area contributed by atoms with E-state index in [2.05, 4.69) is 24.0 Å². The van der Waals surface area contributed by atoms with Gasteiger partial charge in [-0.3, -0.25) is 4.79 Å². The molecular formula is C12H18N2O2S. The number of nitrogens with zero attached hydrogens (tertiary/aromatic N) is 2. The van der Waals surface area contributed by atoms with Gasteiger partial charge in [-0.05, 0) is 25.7 Å². The maximum Gasteiger partial charge on any atom is 0.306 e. The predicted molar refractivity (Wildman–Crippen MR) is 66.3 cm³/mol. The Morgan fingerprint density at radius 1 is 1.29 bits per heavy atom. The minimum absolute atomic E-state index is 0.149. The normalized spacial score (nSPS) is 25.1. The van der Waals surface area contributed by atoms with Gasteiger partial charge in [0.05, 0.1) is 5.92 Å². The van der Waals surface area contributed by atoms with Crippen molar-refractivity contribution in [1.82, 2.24) is 10.2 Å². The smallest absolute Gasteiger partial charge is 0.306 e. The lowest BCUT2D eigenvalue weighted by molar-refractivity contribution is -0.142. The number of hydrogen-bond donors (Lipinski definition) is 1. The van der Waals surface area contributed by atoms with Crippen molar-refractivity contribution in [1.29, 1.82) is 0 Å². The van der Waals surface area contributed by atoms with E-state index in [1.165, 1.54) is 0 Å². The van der Waals surface area contributed by atoms with E-state index in [0.29, 0.717) is 11.8 Å². The monoisotopic (exact) mass is 254 g/mol. The van der Waals surface area contributed by atoms with Crippen molar-refractivity contribution in [3.63, 3.8) is 0 Å². The molecule has 0 aliphatic heterocycles. The highest BCUT2D eigenvalue weighted by molar-refractivity contribution is 7.11. The molecule has 0 spiro atoms. The third-order valence-electron chi connectivity index (χ3n) is 3.38. The van der Waals surface area contributed by atoms with Crippen LogP contribution in [0.15, 0.2) is 0 Å².